The molecular formula is C25H23NO4S. The molecule has 0 N–H and O–H groups in total. The van der Waals surface area contributed by atoms with Gasteiger partial charge in [-0.15, -0.1) is 0 Å². The average molecular weight is 434 g/mol. The molecule has 0 saturated carbocycles. The Labute approximate surface area is 182 Å². The highest BCUT2D eigenvalue weighted by Gasteiger charge is 2.36. The van der Waals surface area contributed by atoms with E-state index in [1.165, 1.54) is 27.6 Å². The van der Waals surface area contributed by atoms with E-state index in [1.54, 1.807) is 18.2 Å². The van der Waals surface area contributed by atoms with Crippen molar-refractivity contribution in [2.45, 2.75) is 43.5 Å². The number of hydrogen-bond donors (Lipinski definition) is 0. The summed E-state index contributed by atoms with van der Waals surface area (Å²) in [6.45, 7) is 1.89. The Morgan fingerprint density at radius 2 is 1.74 bits per heavy atom. The lowest BCUT2D eigenvalue weighted by Gasteiger charge is -2.24. The van der Waals surface area contributed by atoms with Crippen LogP contribution in [0.1, 0.15) is 40.4 Å². The fraction of sp³-hybridized carbons (Fsp3) is 0.240. The van der Waals surface area contributed by atoms with Crippen LogP contribution in [0.15, 0.2) is 71.6 Å². The van der Waals surface area contributed by atoms with Crippen LogP contribution < -0.4 is 9.04 Å². The normalized spacial score (nSPS) is 17.3. The molecule has 0 unspecified atom stereocenters. The van der Waals surface area contributed by atoms with Gasteiger partial charge in [-0.25, -0.2) is 13.2 Å². The van der Waals surface area contributed by atoms with E-state index in [-0.39, 0.29) is 16.5 Å². The summed E-state index contributed by atoms with van der Waals surface area (Å²) in [6, 6.07) is 19.1. The maximum Gasteiger partial charge on any atom is 0.343 e. The maximum absolute atomic E-state index is 13.4. The lowest BCUT2D eigenvalue weighted by molar-refractivity contribution is 0.0734. The quantitative estimate of drug-likeness (QED) is 0.448. The molecule has 5 rings (SSSR count). The largest absolute Gasteiger partial charge is 0.423 e. The van der Waals surface area contributed by atoms with E-state index < -0.39 is 16.0 Å². The van der Waals surface area contributed by atoms with Crippen LogP contribution >= 0.6 is 0 Å². The molecule has 31 heavy (non-hydrogen) atoms. The molecule has 6 heteroatoms. The maximum atomic E-state index is 13.4. The molecule has 0 bridgehead atoms. The number of rotatable bonds is 4. The first kappa shape index (κ1) is 19.8. The predicted octanol–water partition coefficient (Wildman–Crippen LogP) is 4.53. The summed E-state index contributed by atoms with van der Waals surface area (Å²) in [5.41, 5.74) is 4.42. The van der Waals surface area contributed by atoms with E-state index in [4.69, 9.17) is 4.74 Å². The zero-order valence-corrected chi connectivity index (χ0v) is 18.1. The Hall–Kier alpha value is -3.12. The van der Waals surface area contributed by atoms with Crippen LogP contribution in [0.4, 0.5) is 5.69 Å². The molecule has 1 aliphatic carbocycles. The van der Waals surface area contributed by atoms with Crippen LogP contribution in [0.2, 0.25) is 0 Å². The van der Waals surface area contributed by atoms with E-state index in [9.17, 15) is 13.2 Å². The van der Waals surface area contributed by atoms with Gasteiger partial charge in [-0.05, 0) is 85.7 Å². The van der Waals surface area contributed by atoms with E-state index >= 15 is 0 Å². The fourth-order valence-electron chi connectivity index (χ4n) is 4.58. The minimum absolute atomic E-state index is 0.0828. The first-order valence-electron chi connectivity index (χ1n) is 10.5. The standard InChI is InChI=1S/C25H23NO4S/c1-17-14-20-6-2-3-11-24(20)26(17)31(28,29)23-10-5-9-21(16-23)25(27)30-22-13-12-18-7-4-8-19(18)15-22/h2-3,5-6,9-13,15-17H,4,7-8,14H2,1H3/t17-/m0/s1. The Bertz CT molecular complexity index is 1280. The van der Waals surface area contributed by atoms with Gasteiger partial charge in [-0.2, -0.15) is 0 Å². The number of carbonyl (C=O) groups is 1. The van der Waals surface area contributed by atoms with Gasteiger partial charge in [-0.1, -0.05) is 30.3 Å². The van der Waals surface area contributed by atoms with E-state index in [1.807, 2.05) is 43.3 Å². The highest BCUT2D eigenvalue weighted by Crippen LogP contribution is 2.36. The summed E-state index contributed by atoms with van der Waals surface area (Å²) in [6.07, 6.45) is 3.83. The Morgan fingerprint density at radius 1 is 0.935 bits per heavy atom. The van der Waals surface area contributed by atoms with Crippen molar-refractivity contribution in [1.29, 1.82) is 0 Å². The Morgan fingerprint density at radius 3 is 2.61 bits per heavy atom. The first-order valence-corrected chi connectivity index (χ1v) is 11.9. The van der Waals surface area contributed by atoms with Gasteiger partial charge in [0.1, 0.15) is 5.75 Å². The molecule has 2 aliphatic rings. The highest BCUT2D eigenvalue weighted by atomic mass is 32.2. The molecule has 0 saturated heterocycles. The van der Waals surface area contributed by atoms with Gasteiger partial charge in [0.25, 0.3) is 10.0 Å². The van der Waals surface area contributed by atoms with Crippen LogP contribution in [0.25, 0.3) is 0 Å². The van der Waals surface area contributed by atoms with Crippen molar-refractivity contribution in [2.24, 2.45) is 0 Å². The van der Waals surface area contributed by atoms with Gasteiger partial charge in [-0.3, -0.25) is 4.31 Å². The molecule has 0 aromatic heterocycles. The third kappa shape index (κ3) is 3.51. The number of aryl methyl sites for hydroxylation is 2. The number of ether oxygens (including phenoxy) is 1. The zero-order chi connectivity index (χ0) is 21.6. The van der Waals surface area contributed by atoms with Crippen molar-refractivity contribution in [3.63, 3.8) is 0 Å². The molecule has 5 nitrogen and oxygen atoms in total. The molecular weight excluding hydrogens is 410 g/mol. The number of benzene rings is 3. The van der Waals surface area contributed by atoms with E-state index in [0.29, 0.717) is 17.9 Å². The third-order valence-corrected chi connectivity index (χ3v) is 7.98. The van der Waals surface area contributed by atoms with Gasteiger partial charge < -0.3 is 4.74 Å². The van der Waals surface area contributed by atoms with Gasteiger partial charge in [0.15, 0.2) is 0 Å². The lowest BCUT2D eigenvalue weighted by atomic mass is 10.1. The van der Waals surface area contributed by atoms with Crippen molar-refractivity contribution in [3.05, 3.63) is 89.0 Å². The summed E-state index contributed by atoms with van der Waals surface area (Å²) in [5, 5.41) is 0. The number of sulfonamides is 1. The molecule has 1 heterocycles. The second-order valence-electron chi connectivity index (χ2n) is 8.18. The van der Waals surface area contributed by atoms with Crippen molar-refractivity contribution in [2.75, 3.05) is 4.31 Å². The number of para-hydroxylation sites is 1. The molecule has 0 amide bonds. The van der Waals surface area contributed by atoms with Gasteiger partial charge >= 0.3 is 5.97 Å². The molecule has 1 atom stereocenters. The smallest absolute Gasteiger partial charge is 0.343 e. The van der Waals surface area contributed by atoms with Crippen LogP contribution in [-0.2, 0) is 29.3 Å². The second kappa shape index (κ2) is 7.54. The molecule has 3 aromatic carbocycles. The van der Waals surface area contributed by atoms with Crippen molar-refractivity contribution in [3.8, 4) is 5.75 Å². The highest BCUT2D eigenvalue weighted by molar-refractivity contribution is 7.92. The lowest BCUT2D eigenvalue weighted by Crippen LogP contribution is -2.35. The fourth-order valence-corrected chi connectivity index (χ4v) is 6.32. The molecule has 0 fully saturated rings. The van der Waals surface area contributed by atoms with Crippen molar-refractivity contribution < 1.29 is 17.9 Å². The minimum atomic E-state index is -3.81. The minimum Gasteiger partial charge on any atom is -0.423 e. The first-order chi connectivity index (χ1) is 14.9. The Kier molecular flexibility index (Phi) is 4.82. The topological polar surface area (TPSA) is 63.7 Å². The van der Waals surface area contributed by atoms with Gasteiger partial charge in [0.2, 0.25) is 0 Å². The summed E-state index contributed by atoms with van der Waals surface area (Å²) >= 11 is 0. The second-order valence-corrected chi connectivity index (χ2v) is 10.00. The molecule has 0 spiro atoms. The zero-order valence-electron chi connectivity index (χ0n) is 17.2. The molecule has 3 aromatic rings. The number of fused-ring (bicyclic) bond motifs is 2. The predicted molar refractivity (Wildman–Crippen MR) is 119 cm³/mol. The summed E-state index contributed by atoms with van der Waals surface area (Å²) in [4.78, 5) is 12.8. The number of esters is 1. The molecule has 0 radical (unpaired) electrons. The summed E-state index contributed by atoms with van der Waals surface area (Å²) < 4.78 is 33.9. The summed E-state index contributed by atoms with van der Waals surface area (Å²) in [7, 11) is -3.81. The number of hydrogen-bond acceptors (Lipinski definition) is 4. The SMILES string of the molecule is C[C@H]1Cc2ccccc2N1S(=O)(=O)c1cccc(C(=O)Oc2ccc3c(c2)CCC3)c1. The van der Waals surface area contributed by atoms with Crippen molar-refractivity contribution in [1.82, 2.24) is 0 Å². The van der Waals surface area contributed by atoms with E-state index in [0.717, 1.165) is 24.8 Å². The average Bonchev–Trinajstić information content (AvgIpc) is 3.36. The molecule has 1 aliphatic heterocycles. The summed E-state index contributed by atoms with van der Waals surface area (Å²) in [5.74, 6) is -0.0779. The molecule has 158 valence electrons. The third-order valence-electron chi connectivity index (χ3n) is 6.05. The number of nitrogens with zero attached hydrogens (tertiary/aromatic N) is 1. The van der Waals surface area contributed by atoms with Crippen LogP contribution in [0.5, 0.6) is 5.75 Å². The number of anilines is 1. The van der Waals surface area contributed by atoms with Crippen LogP contribution in [0, 0.1) is 0 Å². The monoisotopic (exact) mass is 433 g/mol. The van der Waals surface area contributed by atoms with Crippen LogP contribution in [-0.4, -0.2) is 20.4 Å². The van der Waals surface area contributed by atoms with Crippen molar-refractivity contribution >= 4 is 21.7 Å². The van der Waals surface area contributed by atoms with Gasteiger partial charge in [0.05, 0.1) is 16.1 Å². The Balaban J connectivity index is 1.43. The van der Waals surface area contributed by atoms with Gasteiger partial charge in [0, 0.05) is 6.04 Å². The van der Waals surface area contributed by atoms with Crippen LogP contribution in [0.3, 0.4) is 0 Å². The van der Waals surface area contributed by atoms with E-state index in [2.05, 4.69) is 0 Å². The number of carbonyl (C=O) groups excluding carboxylic acids is 1.